The van der Waals surface area contributed by atoms with Crippen LogP contribution in [0.4, 0.5) is 10.1 Å². The zero-order valence-corrected chi connectivity index (χ0v) is 14.2. The molecule has 0 radical (unpaired) electrons. The first-order chi connectivity index (χ1) is 12.5. The minimum Gasteiger partial charge on any atom is -0.477 e. The van der Waals surface area contributed by atoms with E-state index in [2.05, 4.69) is 0 Å². The Kier molecular flexibility index (Phi) is 3.22. The van der Waals surface area contributed by atoms with Gasteiger partial charge in [-0.1, -0.05) is 0 Å². The SMILES string of the molecule is NC1CCN2c3c(F)cc4c(=O)c(C(=O)O)cn(C5CC5)c4c3CCC12. The quantitative estimate of drug-likeness (QED) is 0.858. The number of anilines is 1. The molecule has 1 aromatic heterocycles. The summed E-state index contributed by atoms with van der Waals surface area (Å²) in [4.78, 5) is 26.2. The molecule has 2 atom stereocenters. The summed E-state index contributed by atoms with van der Waals surface area (Å²) in [5.41, 5.74) is 7.38. The lowest BCUT2D eigenvalue weighted by molar-refractivity contribution is 0.0695. The number of rotatable bonds is 2. The average Bonchev–Trinajstić information content (AvgIpc) is 3.38. The van der Waals surface area contributed by atoms with Crippen molar-refractivity contribution < 1.29 is 14.3 Å². The normalized spacial score (nSPS) is 24.6. The summed E-state index contributed by atoms with van der Waals surface area (Å²) in [5, 5.41) is 9.56. The van der Waals surface area contributed by atoms with Gasteiger partial charge < -0.3 is 20.3 Å². The topological polar surface area (TPSA) is 88.6 Å². The second-order valence-electron chi connectivity index (χ2n) is 7.65. The number of benzene rings is 1. The fourth-order valence-corrected chi connectivity index (χ4v) is 4.72. The van der Waals surface area contributed by atoms with Crippen LogP contribution in [-0.2, 0) is 6.42 Å². The molecule has 3 heterocycles. The number of hydrogen-bond donors (Lipinski definition) is 2. The van der Waals surface area contributed by atoms with E-state index in [0.717, 1.165) is 31.2 Å². The maximum absolute atomic E-state index is 15.0. The highest BCUT2D eigenvalue weighted by Crippen LogP contribution is 2.44. The predicted molar refractivity (Wildman–Crippen MR) is 95.4 cm³/mol. The summed E-state index contributed by atoms with van der Waals surface area (Å²) in [5.74, 6) is -1.72. The fourth-order valence-electron chi connectivity index (χ4n) is 4.72. The molecule has 2 unspecified atom stereocenters. The molecule has 3 aliphatic rings. The van der Waals surface area contributed by atoms with Crippen molar-refractivity contribution in [3.63, 3.8) is 0 Å². The molecule has 7 heteroatoms. The van der Waals surface area contributed by atoms with Crippen LogP contribution in [0.5, 0.6) is 0 Å². The van der Waals surface area contributed by atoms with E-state index < -0.39 is 17.2 Å². The molecule has 0 bridgehead atoms. The van der Waals surface area contributed by atoms with Crippen LogP contribution in [0.2, 0.25) is 0 Å². The molecule has 2 aromatic rings. The first kappa shape index (κ1) is 15.8. The van der Waals surface area contributed by atoms with E-state index in [1.165, 1.54) is 12.3 Å². The highest BCUT2D eigenvalue weighted by molar-refractivity contribution is 5.95. The lowest BCUT2D eigenvalue weighted by Crippen LogP contribution is -2.43. The van der Waals surface area contributed by atoms with Gasteiger partial charge in [0.15, 0.2) is 0 Å². The summed E-state index contributed by atoms with van der Waals surface area (Å²) >= 11 is 0. The molecular weight excluding hydrogens is 337 g/mol. The Hall–Kier alpha value is -2.41. The Balaban J connectivity index is 1.85. The number of aromatic nitrogens is 1. The molecule has 0 amide bonds. The maximum atomic E-state index is 15.0. The zero-order valence-electron chi connectivity index (χ0n) is 14.2. The second kappa shape index (κ2) is 5.30. The van der Waals surface area contributed by atoms with Crippen LogP contribution in [-0.4, -0.2) is 34.3 Å². The molecule has 3 N–H and O–H groups in total. The highest BCUT2D eigenvalue weighted by atomic mass is 19.1. The Bertz CT molecular complexity index is 1010. The van der Waals surface area contributed by atoms with Crippen molar-refractivity contribution in [1.82, 2.24) is 4.57 Å². The van der Waals surface area contributed by atoms with Crippen LogP contribution in [0.25, 0.3) is 10.9 Å². The molecule has 6 nitrogen and oxygen atoms in total. The van der Waals surface area contributed by atoms with E-state index in [-0.39, 0.29) is 29.1 Å². The van der Waals surface area contributed by atoms with Crippen LogP contribution in [0.3, 0.4) is 0 Å². The molecule has 5 rings (SSSR count). The number of aromatic carboxylic acids is 1. The summed E-state index contributed by atoms with van der Waals surface area (Å²) in [7, 11) is 0. The van der Waals surface area contributed by atoms with Crippen molar-refractivity contribution in [3.8, 4) is 0 Å². The molecular formula is C19H20FN3O3. The van der Waals surface area contributed by atoms with Gasteiger partial charge in [-0.05, 0) is 38.2 Å². The van der Waals surface area contributed by atoms with Crippen LogP contribution in [0.1, 0.15) is 47.6 Å². The van der Waals surface area contributed by atoms with E-state index in [1.807, 2.05) is 9.47 Å². The molecule has 1 aliphatic carbocycles. The minimum atomic E-state index is -1.27. The van der Waals surface area contributed by atoms with Crippen molar-refractivity contribution in [2.75, 3.05) is 11.4 Å². The van der Waals surface area contributed by atoms with Gasteiger partial charge in [-0.15, -0.1) is 0 Å². The number of fused-ring (bicyclic) bond motifs is 5. The average molecular weight is 357 g/mol. The Morgan fingerprint density at radius 2 is 2.04 bits per heavy atom. The van der Waals surface area contributed by atoms with Gasteiger partial charge in [0, 0.05) is 41.8 Å². The second-order valence-corrected chi connectivity index (χ2v) is 7.65. The summed E-state index contributed by atoms with van der Waals surface area (Å²) in [6.07, 6.45) is 5.64. The van der Waals surface area contributed by atoms with E-state index >= 15 is 4.39 Å². The molecule has 1 saturated carbocycles. The van der Waals surface area contributed by atoms with E-state index in [9.17, 15) is 14.7 Å². The van der Waals surface area contributed by atoms with Crippen molar-refractivity contribution in [3.05, 3.63) is 39.4 Å². The standard InChI is InChI=1S/C19H20FN3O3/c20-13-7-11-16(10-3-4-15-14(21)5-6-22(15)17(10)13)23(9-1-2-9)8-12(18(11)24)19(25)26/h7-9,14-15H,1-6,21H2,(H,25,26). The highest BCUT2D eigenvalue weighted by Gasteiger charge is 2.39. The number of halogens is 1. The number of carboxylic acid groups (broad SMARTS) is 1. The van der Waals surface area contributed by atoms with Gasteiger partial charge in [0.25, 0.3) is 0 Å². The molecule has 2 aliphatic heterocycles. The van der Waals surface area contributed by atoms with Gasteiger partial charge >= 0.3 is 5.97 Å². The van der Waals surface area contributed by atoms with Crippen LogP contribution >= 0.6 is 0 Å². The van der Waals surface area contributed by atoms with Crippen LogP contribution in [0.15, 0.2) is 17.1 Å². The third kappa shape index (κ3) is 2.06. The van der Waals surface area contributed by atoms with Gasteiger partial charge in [0.2, 0.25) is 5.43 Å². The van der Waals surface area contributed by atoms with E-state index in [1.54, 1.807) is 0 Å². The van der Waals surface area contributed by atoms with Crippen LogP contribution in [0, 0.1) is 5.82 Å². The Morgan fingerprint density at radius 1 is 1.27 bits per heavy atom. The Labute approximate surface area is 149 Å². The lowest BCUT2D eigenvalue weighted by Gasteiger charge is -2.36. The number of nitrogens with zero attached hydrogens (tertiary/aromatic N) is 2. The smallest absolute Gasteiger partial charge is 0.341 e. The summed E-state index contributed by atoms with van der Waals surface area (Å²) in [6.45, 7) is 0.710. The molecule has 1 saturated heterocycles. The lowest BCUT2D eigenvalue weighted by atomic mass is 9.91. The number of nitrogens with two attached hydrogens (primary N) is 1. The first-order valence-corrected chi connectivity index (χ1v) is 9.13. The van der Waals surface area contributed by atoms with Gasteiger partial charge in [-0.2, -0.15) is 0 Å². The van der Waals surface area contributed by atoms with Gasteiger partial charge in [-0.3, -0.25) is 4.79 Å². The van der Waals surface area contributed by atoms with Gasteiger partial charge in [-0.25, -0.2) is 9.18 Å². The number of carbonyl (C=O) groups is 1. The number of aryl methyl sites for hydroxylation is 1. The first-order valence-electron chi connectivity index (χ1n) is 9.13. The largest absolute Gasteiger partial charge is 0.477 e. The maximum Gasteiger partial charge on any atom is 0.341 e. The number of hydrogen-bond acceptors (Lipinski definition) is 4. The van der Waals surface area contributed by atoms with Gasteiger partial charge in [0.05, 0.1) is 11.2 Å². The predicted octanol–water partition coefficient (Wildman–Crippen LogP) is 2.03. The zero-order chi connectivity index (χ0) is 18.2. The Morgan fingerprint density at radius 3 is 2.73 bits per heavy atom. The fraction of sp³-hybridized carbons (Fsp3) is 0.474. The minimum absolute atomic E-state index is 0.0401. The third-order valence-electron chi connectivity index (χ3n) is 6.09. The van der Waals surface area contributed by atoms with Gasteiger partial charge in [0.1, 0.15) is 11.4 Å². The molecule has 0 spiro atoms. The van der Waals surface area contributed by atoms with E-state index in [0.29, 0.717) is 24.2 Å². The third-order valence-corrected chi connectivity index (χ3v) is 6.09. The molecule has 1 aromatic carbocycles. The molecule has 26 heavy (non-hydrogen) atoms. The van der Waals surface area contributed by atoms with E-state index in [4.69, 9.17) is 5.73 Å². The number of pyridine rings is 1. The molecule has 136 valence electrons. The monoisotopic (exact) mass is 357 g/mol. The van der Waals surface area contributed by atoms with Crippen molar-refractivity contribution in [2.24, 2.45) is 5.73 Å². The summed E-state index contributed by atoms with van der Waals surface area (Å²) < 4.78 is 16.9. The van der Waals surface area contributed by atoms with Crippen LogP contribution < -0.4 is 16.1 Å². The van der Waals surface area contributed by atoms with Crippen molar-refractivity contribution >= 4 is 22.6 Å². The molecule has 2 fully saturated rings. The van der Waals surface area contributed by atoms with Crippen molar-refractivity contribution in [1.29, 1.82) is 0 Å². The number of carboxylic acids is 1. The summed E-state index contributed by atoms with van der Waals surface area (Å²) in [6, 6.07) is 1.59. The van der Waals surface area contributed by atoms with Crippen molar-refractivity contribution in [2.45, 2.75) is 50.2 Å².